The van der Waals surface area contributed by atoms with Gasteiger partial charge in [-0.3, -0.25) is 0 Å². The molecule has 0 unspecified atom stereocenters. The van der Waals surface area contributed by atoms with Crippen molar-refractivity contribution in [2.75, 3.05) is 12.4 Å². The minimum Gasteiger partial charge on any atom is -0.348 e. The molecule has 4 atom stereocenters. The van der Waals surface area contributed by atoms with Crippen molar-refractivity contribution in [2.24, 2.45) is 0 Å². The smallest absolute Gasteiger partial charge is 0.191 e. The molecular formula is C15H21NO5S. The molecule has 3 aliphatic rings. The van der Waals surface area contributed by atoms with Gasteiger partial charge in [0.25, 0.3) is 0 Å². The zero-order valence-corrected chi connectivity index (χ0v) is 14.0. The minimum atomic E-state index is -0.673. The van der Waals surface area contributed by atoms with Gasteiger partial charge < -0.3 is 23.7 Å². The van der Waals surface area contributed by atoms with E-state index in [1.807, 2.05) is 33.8 Å². The van der Waals surface area contributed by atoms with Crippen molar-refractivity contribution in [3.05, 3.63) is 11.6 Å². The van der Waals surface area contributed by atoms with Gasteiger partial charge in [-0.05, 0) is 45.0 Å². The van der Waals surface area contributed by atoms with Gasteiger partial charge in [-0.15, -0.1) is 0 Å². The van der Waals surface area contributed by atoms with Crippen LogP contribution in [0.3, 0.4) is 0 Å². The second-order valence-corrected chi connectivity index (χ2v) is 7.26. The molecule has 0 aromatic rings. The highest BCUT2D eigenvalue weighted by atomic mass is 32.2. The molecule has 6 nitrogen and oxygen atoms in total. The minimum absolute atomic E-state index is 0.200. The van der Waals surface area contributed by atoms with Crippen LogP contribution in [0.4, 0.5) is 0 Å². The highest BCUT2D eigenvalue weighted by Crippen LogP contribution is 2.43. The van der Waals surface area contributed by atoms with Crippen LogP contribution in [0.1, 0.15) is 27.7 Å². The van der Waals surface area contributed by atoms with E-state index < -0.39 is 17.9 Å². The molecule has 0 saturated carbocycles. The Hall–Kier alpha value is -0.620. The quantitative estimate of drug-likeness (QED) is 0.447. The molecule has 7 heteroatoms. The van der Waals surface area contributed by atoms with Gasteiger partial charge in [-0.2, -0.15) is 5.26 Å². The van der Waals surface area contributed by atoms with Gasteiger partial charge in [0.05, 0.1) is 6.61 Å². The van der Waals surface area contributed by atoms with Gasteiger partial charge in [0, 0.05) is 5.75 Å². The lowest BCUT2D eigenvalue weighted by molar-refractivity contribution is -0.215. The first-order valence-corrected chi connectivity index (χ1v) is 8.33. The summed E-state index contributed by atoms with van der Waals surface area (Å²) in [6, 6.07) is 0. The first-order chi connectivity index (χ1) is 10.3. The maximum absolute atomic E-state index is 8.71. The molecule has 0 amide bonds. The van der Waals surface area contributed by atoms with E-state index in [9.17, 15) is 0 Å². The number of nitriles is 1. The second kappa shape index (κ2) is 5.78. The highest BCUT2D eigenvalue weighted by molar-refractivity contribution is 8.03. The molecule has 3 heterocycles. The SMILES string of the molecule is CC1(C)O[C@H]2O[C@H]([C@H]3COC(C)(C)O3)/C(=C\CSC#N)[C@H]2O1. The van der Waals surface area contributed by atoms with E-state index in [1.165, 1.54) is 11.8 Å². The molecule has 0 aliphatic carbocycles. The van der Waals surface area contributed by atoms with E-state index in [1.54, 1.807) is 0 Å². The van der Waals surface area contributed by atoms with E-state index in [0.29, 0.717) is 12.4 Å². The Morgan fingerprint density at radius 2 is 1.95 bits per heavy atom. The summed E-state index contributed by atoms with van der Waals surface area (Å²) in [4.78, 5) is 0. The Bertz CT molecular complexity index is 513. The number of thiocyanates is 1. The van der Waals surface area contributed by atoms with Crippen LogP contribution in [-0.4, -0.2) is 48.5 Å². The van der Waals surface area contributed by atoms with E-state index in [2.05, 4.69) is 5.40 Å². The molecule has 3 fully saturated rings. The Labute approximate surface area is 134 Å². The zero-order valence-electron chi connectivity index (χ0n) is 13.2. The van der Waals surface area contributed by atoms with Gasteiger partial charge in [-0.1, -0.05) is 6.08 Å². The lowest BCUT2D eigenvalue weighted by Crippen LogP contribution is -2.34. The molecule has 0 aromatic carbocycles. The molecular weight excluding hydrogens is 306 g/mol. The van der Waals surface area contributed by atoms with Crippen LogP contribution in [0.2, 0.25) is 0 Å². The fraction of sp³-hybridized carbons (Fsp3) is 0.800. The van der Waals surface area contributed by atoms with Crippen molar-refractivity contribution in [3.8, 4) is 5.40 Å². The standard InChI is InChI=1S/C15H21NO5S/c1-14(2)17-7-10(19-14)11-9(5-6-22-8-16)12-13(18-11)21-15(3,4)20-12/h5,10-13H,6-7H2,1-4H3/b9-5+/t10-,11+,12-,13-/m1/s1. The van der Waals surface area contributed by atoms with E-state index >= 15 is 0 Å². The number of fused-ring (bicyclic) bond motifs is 1. The third-order valence-electron chi connectivity index (χ3n) is 3.83. The summed E-state index contributed by atoms with van der Waals surface area (Å²) < 4.78 is 29.3. The number of rotatable bonds is 3. The van der Waals surface area contributed by atoms with Gasteiger partial charge in [-0.25, -0.2) is 0 Å². The van der Waals surface area contributed by atoms with Crippen molar-refractivity contribution in [1.82, 2.24) is 0 Å². The van der Waals surface area contributed by atoms with Crippen LogP contribution in [0.25, 0.3) is 0 Å². The monoisotopic (exact) mass is 327 g/mol. The first kappa shape index (κ1) is 16.2. The maximum atomic E-state index is 8.71. The number of ether oxygens (including phenoxy) is 5. The van der Waals surface area contributed by atoms with E-state index in [4.69, 9.17) is 28.9 Å². The van der Waals surface area contributed by atoms with Crippen LogP contribution >= 0.6 is 11.8 Å². The average molecular weight is 327 g/mol. The van der Waals surface area contributed by atoms with Gasteiger partial charge in [0.2, 0.25) is 0 Å². The lowest BCUT2D eigenvalue weighted by Gasteiger charge is -2.25. The van der Waals surface area contributed by atoms with Gasteiger partial charge in [0.15, 0.2) is 17.9 Å². The molecule has 3 aliphatic heterocycles. The number of hydrogen-bond acceptors (Lipinski definition) is 7. The van der Waals surface area contributed by atoms with Gasteiger partial charge >= 0.3 is 0 Å². The summed E-state index contributed by atoms with van der Waals surface area (Å²) in [5.74, 6) is -0.705. The fourth-order valence-corrected chi connectivity index (χ4v) is 3.36. The van der Waals surface area contributed by atoms with Crippen molar-refractivity contribution in [2.45, 2.75) is 63.9 Å². The summed E-state index contributed by atoms with van der Waals surface area (Å²) in [6.07, 6.45) is 0.821. The second-order valence-electron chi connectivity index (χ2n) is 6.45. The summed E-state index contributed by atoms with van der Waals surface area (Å²) in [7, 11) is 0. The molecule has 3 rings (SSSR count). The predicted octanol–water partition coefficient (Wildman–Crippen LogP) is 2.15. The van der Waals surface area contributed by atoms with Crippen LogP contribution < -0.4 is 0 Å². The largest absolute Gasteiger partial charge is 0.348 e. The van der Waals surface area contributed by atoms with Crippen LogP contribution in [0, 0.1) is 10.7 Å². The molecule has 3 saturated heterocycles. The van der Waals surface area contributed by atoms with Crippen LogP contribution in [0.15, 0.2) is 11.6 Å². The van der Waals surface area contributed by atoms with Crippen molar-refractivity contribution in [3.63, 3.8) is 0 Å². The van der Waals surface area contributed by atoms with Gasteiger partial charge in [0.1, 0.15) is 23.7 Å². The molecule has 0 radical (unpaired) electrons. The lowest BCUT2D eigenvalue weighted by atomic mass is 10.0. The fourth-order valence-electron chi connectivity index (χ4n) is 3.01. The van der Waals surface area contributed by atoms with Crippen molar-refractivity contribution in [1.29, 1.82) is 5.26 Å². The van der Waals surface area contributed by atoms with E-state index in [-0.39, 0.29) is 18.3 Å². The Morgan fingerprint density at radius 1 is 1.18 bits per heavy atom. The molecule has 0 bridgehead atoms. The summed E-state index contributed by atoms with van der Waals surface area (Å²) >= 11 is 1.18. The predicted molar refractivity (Wildman–Crippen MR) is 79.8 cm³/mol. The average Bonchev–Trinajstić information content (AvgIpc) is 3.01. The summed E-state index contributed by atoms with van der Waals surface area (Å²) in [6.45, 7) is 7.96. The van der Waals surface area contributed by atoms with Crippen molar-refractivity contribution < 1.29 is 23.7 Å². The van der Waals surface area contributed by atoms with Crippen LogP contribution in [0.5, 0.6) is 0 Å². The Morgan fingerprint density at radius 3 is 2.59 bits per heavy atom. The number of thioether (sulfide) groups is 1. The number of nitrogens with zero attached hydrogens (tertiary/aromatic N) is 1. The normalized spacial score (nSPS) is 40.8. The highest BCUT2D eigenvalue weighted by Gasteiger charge is 2.55. The summed E-state index contributed by atoms with van der Waals surface area (Å²) in [5, 5.41) is 10.8. The third kappa shape index (κ3) is 3.18. The van der Waals surface area contributed by atoms with Crippen molar-refractivity contribution >= 4 is 11.8 Å². The summed E-state index contributed by atoms with van der Waals surface area (Å²) in [5.41, 5.74) is 0.977. The maximum Gasteiger partial charge on any atom is 0.191 e. The first-order valence-electron chi connectivity index (χ1n) is 7.35. The Kier molecular flexibility index (Phi) is 4.27. The zero-order chi connectivity index (χ0) is 16.0. The van der Waals surface area contributed by atoms with Crippen LogP contribution in [-0.2, 0) is 23.7 Å². The topological polar surface area (TPSA) is 69.9 Å². The van der Waals surface area contributed by atoms with E-state index in [0.717, 1.165) is 5.57 Å². The molecule has 22 heavy (non-hydrogen) atoms. The Balaban J connectivity index is 1.78. The number of hydrogen-bond donors (Lipinski definition) is 0. The molecule has 122 valence electrons. The molecule has 0 N–H and O–H groups in total. The molecule has 0 spiro atoms. The molecule has 0 aromatic heterocycles. The third-order valence-corrected chi connectivity index (χ3v) is 4.29.